The third-order valence-corrected chi connectivity index (χ3v) is 2.51. The monoisotopic (exact) mass is 267 g/mol. The van der Waals surface area contributed by atoms with Crippen LogP contribution in [0, 0.1) is 10.1 Å². The molecule has 0 spiro atoms. The van der Waals surface area contributed by atoms with Crippen molar-refractivity contribution in [1.29, 1.82) is 0 Å². The van der Waals surface area contributed by atoms with E-state index in [2.05, 4.69) is 0 Å². The van der Waals surface area contributed by atoms with E-state index < -0.39 is 23.3 Å². The van der Waals surface area contributed by atoms with Crippen molar-refractivity contribution in [3.8, 4) is 0 Å². The summed E-state index contributed by atoms with van der Waals surface area (Å²) < 4.78 is 0. The number of amides is 1. The molecule has 0 saturated carbocycles. The average Bonchev–Trinajstić information content (AvgIpc) is 2.34. The van der Waals surface area contributed by atoms with Crippen LogP contribution in [0.4, 0.5) is 11.4 Å². The van der Waals surface area contributed by atoms with Crippen LogP contribution < -0.4 is 10.6 Å². The molecule has 8 nitrogen and oxygen atoms in total. The maximum absolute atomic E-state index is 11.1. The molecule has 0 fully saturated rings. The fourth-order valence-electron chi connectivity index (χ4n) is 1.61. The highest BCUT2D eigenvalue weighted by atomic mass is 16.6. The Hall–Kier alpha value is -2.64. The van der Waals surface area contributed by atoms with Gasteiger partial charge >= 0.3 is 5.97 Å². The lowest BCUT2D eigenvalue weighted by atomic mass is 10.1. The molecule has 102 valence electrons. The van der Waals surface area contributed by atoms with Crippen LogP contribution in [0.2, 0.25) is 0 Å². The maximum atomic E-state index is 11.1. The lowest BCUT2D eigenvalue weighted by Gasteiger charge is -2.20. The van der Waals surface area contributed by atoms with Gasteiger partial charge in [0.15, 0.2) is 0 Å². The van der Waals surface area contributed by atoms with Gasteiger partial charge in [0.1, 0.15) is 12.2 Å². The zero-order valence-electron chi connectivity index (χ0n) is 10.2. The number of likely N-dealkylation sites (N-methyl/N-ethyl adjacent to an activating group) is 1. The van der Waals surface area contributed by atoms with Crippen molar-refractivity contribution >= 4 is 23.3 Å². The number of nitrogens with two attached hydrogens (primary N) is 1. The average molecular weight is 267 g/mol. The van der Waals surface area contributed by atoms with Crippen LogP contribution in [-0.2, 0) is 4.79 Å². The summed E-state index contributed by atoms with van der Waals surface area (Å²) in [5, 5.41) is 19.7. The van der Waals surface area contributed by atoms with Gasteiger partial charge in [-0.05, 0) is 19.1 Å². The van der Waals surface area contributed by atoms with Crippen molar-refractivity contribution in [2.75, 3.05) is 18.0 Å². The van der Waals surface area contributed by atoms with Gasteiger partial charge in [0.25, 0.3) is 5.69 Å². The van der Waals surface area contributed by atoms with Crippen LogP contribution in [0.25, 0.3) is 0 Å². The minimum Gasteiger partial charge on any atom is -0.480 e. The highest BCUT2D eigenvalue weighted by molar-refractivity contribution is 5.95. The Morgan fingerprint density at radius 3 is 2.53 bits per heavy atom. The van der Waals surface area contributed by atoms with E-state index in [1.807, 2.05) is 0 Å². The number of hydrogen-bond donors (Lipinski definition) is 2. The smallest absolute Gasteiger partial charge is 0.323 e. The zero-order valence-corrected chi connectivity index (χ0v) is 10.2. The second kappa shape index (κ2) is 5.80. The summed E-state index contributed by atoms with van der Waals surface area (Å²) in [4.78, 5) is 33.4. The lowest BCUT2D eigenvalue weighted by Crippen LogP contribution is -2.30. The number of carbonyl (C=O) groups is 2. The second-order valence-electron chi connectivity index (χ2n) is 3.73. The first-order valence-corrected chi connectivity index (χ1v) is 5.41. The minimum absolute atomic E-state index is 0.0613. The molecule has 0 aliphatic carbocycles. The normalized spacial score (nSPS) is 9.95. The zero-order chi connectivity index (χ0) is 14.6. The molecule has 1 amide bonds. The van der Waals surface area contributed by atoms with E-state index in [1.54, 1.807) is 6.92 Å². The third kappa shape index (κ3) is 3.41. The Balaban J connectivity index is 3.33. The number of nitrogens with zero attached hydrogens (tertiary/aromatic N) is 2. The van der Waals surface area contributed by atoms with E-state index in [0.29, 0.717) is 0 Å². The van der Waals surface area contributed by atoms with E-state index in [4.69, 9.17) is 10.8 Å². The van der Waals surface area contributed by atoms with Crippen molar-refractivity contribution in [3.63, 3.8) is 0 Å². The highest BCUT2D eigenvalue weighted by Crippen LogP contribution is 2.29. The molecule has 0 radical (unpaired) electrons. The number of carbonyl (C=O) groups excluding carboxylic acids is 1. The van der Waals surface area contributed by atoms with E-state index in [1.165, 1.54) is 17.0 Å². The van der Waals surface area contributed by atoms with Gasteiger partial charge in [-0.3, -0.25) is 19.7 Å². The fraction of sp³-hybridized carbons (Fsp3) is 0.273. The van der Waals surface area contributed by atoms with Crippen LogP contribution in [0.5, 0.6) is 0 Å². The predicted molar refractivity (Wildman–Crippen MR) is 67.1 cm³/mol. The van der Waals surface area contributed by atoms with E-state index in [0.717, 1.165) is 6.07 Å². The Labute approximate surface area is 108 Å². The van der Waals surface area contributed by atoms with Crippen molar-refractivity contribution in [1.82, 2.24) is 0 Å². The fourth-order valence-corrected chi connectivity index (χ4v) is 1.61. The summed E-state index contributed by atoms with van der Waals surface area (Å²) in [6.45, 7) is 1.50. The molecule has 3 N–H and O–H groups in total. The van der Waals surface area contributed by atoms with Gasteiger partial charge in [0.05, 0.1) is 4.92 Å². The van der Waals surface area contributed by atoms with Gasteiger partial charge < -0.3 is 15.7 Å². The summed E-state index contributed by atoms with van der Waals surface area (Å²) in [5.74, 6) is -1.86. The molecule has 1 aromatic carbocycles. The molecule has 0 atom stereocenters. The van der Waals surface area contributed by atoms with Crippen molar-refractivity contribution in [2.45, 2.75) is 6.92 Å². The van der Waals surface area contributed by atoms with Crippen molar-refractivity contribution < 1.29 is 19.6 Å². The first-order valence-electron chi connectivity index (χ1n) is 5.41. The largest absolute Gasteiger partial charge is 0.480 e. The number of primary amides is 1. The number of anilines is 1. The van der Waals surface area contributed by atoms with Crippen LogP contribution in [-0.4, -0.2) is 35.0 Å². The molecule has 0 heterocycles. The van der Waals surface area contributed by atoms with Crippen LogP contribution in [0.3, 0.4) is 0 Å². The molecule has 0 aliphatic heterocycles. The summed E-state index contributed by atoms with van der Waals surface area (Å²) in [6, 6.07) is 3.60. The molecule has 0 unspecified atom stereocenters. The molecule has 0 bridgehead atoms. The first kappa shape index (κ1) is 14.4. The third-order valence-electron chi connectivity index (χ3n) is 2.51. The van der Waals surface area contributed by atoms with Gasteiger partial charge in [-0.2, -0.15) is 0 Å². The van der Waals surface area contributed by atoms with Gasteiger partial charge in [-0.25, -0.2) is 0 Å². The number of carboxylic acid groups (broad SMARTS) is 1. The molecular formula is C11H13N3O5. The van der Waals surface area contributed by atoms with Gasteiger partial charge in [-0.15, -0.1) is 0 Å². The van der Waals surface area contributed by atoms with Crippen LogP contribution >= 0.6 is 0 Å². The van der Waals surface area contributed by atoms with Crippen molar-refractivity contribution in [3.05, 3.63) is 33.9 Å². The standard InChI is InChI=1S/C11H13N3O5/c1-2-13(6-10(15)16)9-5-7(11(12)17)3-4-8(9)14(18)19/h3-5H,2,6H2,1H3,(H2,12,17)(H,15,16). The Morgan fingerprint density at radius 1 is 1.47 bits per heavy atom. The molecule has 8 heteroatoms. The lowest BCUT2D eigenvalue weighted by molar-refractivity contribution is -0.384. The number of benzene rings is 1. The topological polar surface area (TPSA) is 127 Å². The summed E-state index contributed by atoms with van der Waals surface area (Å²) in [7, 11) is 0. The van der Waals surface area contributed by atoms with E-state index in [9.17, 15) is 19.7 Å². The Kier molecular flexibility index (Phi) is 4.41. The van der Waals surface area contributed by atoms with Gasteiger partial charge in [0.2, 0.25) is 5.91 Å². The van der Waals surface area contributed by atoms with Gasteiger partial charge in [-0.1, -0.05) is 0 Å². The minimum atomic E-state index is -1.12. The number of hydrogen-bond acceptors (Lipinski definition) is 5. The maximum Gasteiger partial charge on any atom is 0.323 e. The number of aliphatic carboxylic acids is 1. The second-order valence-corrected chi connectivity index (χ2v) is 3.73. The first-order chi connectivity index (χ1) is 8.86. The molecule has 1 rings (SSSR count). The Bertz CT molecular complexity index is 529. The number of rotatable bonds is 6. The van der Waals surface area contributed by atoms with E-state index >= 15 is 0 Å². The summed E-state index contributed by atoms with van der Waals surface area (Å²) >= 11 is 0. The summed E-state index contributed by atoms with van der Waals surface area (Å²) in [6.07, 6.45) is 0. The van der Waals surface area contributed by atoms with Crippen molar-refractivity contribution in [2.24, 2.45) is 5.73 Å². The summed E-state index contributed by atoms with van der Waals surface area (Å²) in [5.41, 5.74) is 4.99. The highest BCUT2D eigenvalue weighted by Gasteiger charge is 2.21. The molecule has 0 saturated heterocycles. The molecular weight excluding hydrogens is 254 g/mol. The van der Waals surface area contributed by atoms with Crippen LogP contribution in [0.1, 0.15) is 17.3 Å². The predicted octanol–water partition coefficient (Wildman–Crippen LogP) is 0.605. The number of nitro groups is 1. The number of nitro benzene ring substituents is 1. The molecule has 1 aromatic rings. The molecule has 19 heavy (non-hydrogen) atoms. The molecule has 0 aromatic heterocycles. The van der Waals surface area contributed by atoms with E-state index in [-0.39, 0.29) is 23.5 Å². The van der Waals surface area contributed by atoms with Gasteiger partial charge in [0, 0.05) is 18.2 Å². The quantitative estimate of drug-likeness (QED) is 0.574. The number of carboxylic acids is 1. The van der Waals surface area contributed by atoms with Crippen LogP contribution in [0.15, 0.2) is 18.2 Å². The Morgan fingerprint density at radius 2 is 2.11 bits per heavy atom. The SMILES string of the molecule is CCN(CC(=O)O)c1cc(C(N)=O)ccc1[N+](=O)[O-]. The molecule has 0 aliphatic rings.